The number of sulfonamides is 1. The quantitative estimate of drug-likeness (QED) is 0.895. The fourth-order valence-corrected chi connectivity index (χ4v) is 3.57. The lowest BCUT2D eigenvalue weighted by molar-refractivity contribution is -0.112. The van der Waals surface area contributed by atoms with Crippen LogP contribution in [0.2, 0.25) is 0 Å². The van der Waals surface area contributed by atoms with E-state index in [9.17, 15) is 13.2 Å². The minimum absolute atomic E-state index is 0.0490. The van der Waals surface area contributed by atoms with Crippen molar-refractivity contribution in [2.24, 2.45) is 4.40 Å². The van der Waals surface area contributed by atoms with Crippen molar-refractivity contribution in [3.8, 4) is 0 Å². The lowest BCUT2D eigenvalue weighted by Gasteiger charge is -2.28. The van der Waals surface area contributed by atoms with Crippen molar-refractivity contribution >= 4 is 27.5 Å². The highest BCUT2D eigenvalue weighted by atomic mass is 32.2. The predicted octanol–water partition coefficient (Wildman–Crippen LogP) is 1.74. The van der Waals surface area contributed by atoms with Gasteiger partial charge in [0.05, 0.1) is 11.3 Å². The molecule has 0 fully saturated rings. The van der Waals surface area contributed by atoms with Crippen LogP contribution >= 0.6 is 0 Å². The second kappa shape index (κ2) is 5.66. The molecule has 0 aliphatic carbocycles. The van der Waals surface area contributed by atoms with E-state index in [4.69, 9.17) is 0 Å². The fraction of sp³-hybridized carbons (Fsp3) is 0.250. The maximum absolute atomic E-state index is 12.6. The van der Waals surface area contributed by atoms with E-state index in [0.29, 0.717) is 6.54 Å². The van der Waals surface area contributed by atoms with Gasteiger partial charge in [-0.2, -0.15) is 0 Å². The molecule has 1 aromatic carbocycles. The van der Waals surface area contributed by atoms with Gasteiger partial charge in [0.25, 0.3) is 15.9 Å². The second-order valence-corrected chi connectivity index (χ2v) is 7.29. The highest BCUT2D eigenvalue weighted by Crippen LogP contribution is 2.23. The molecule has 0 unspecified atom stereocenters. The Morgan fingerprint density at radius 2 is 1.96 bits per heavy atom. The third-order valence-corrected chi connectivity index (χ3v) is 4.97. The van der Waals surface area contributed by atoms with E-state index in [-0.39, 0.29) is 23.1 Å². The van der Waals surface area contributed by atoms with Crippen LogP contribution in [0, 0.1) is 13.8 Å². The number of amidine groups is 1. The van der Waals surface area contributed by atoms with Crippen LogP contribution in [0.1, 0.15) is 11.1 Å². The van der Waals surface area contributed by atoms with E-state index in [1.165, 1.54) is 0 Å². The Kier molecular flexibility index (Phi) is 3.81. The molecule has 0 atom stereocenters. The SMILES string of the molecule is Cc1cccc(C)c1NC(=O)C1=CC=CN2CCS(=O)(=O)N=C12. The molecule has 0 aromatic heterocycles. The monoisotopic (exact) mass is 331 g/mol. The van der Waals surface area contributed by atoms with Crippen LogP contribution in [0.25, 0.3) is 0 Å². The smallest absolute Gasteiger partial charge is 0.259 e. The van der Waals surface area contributed by atoms with E-state index in [0.717, 1.165) is 16.8 Å². The number of hydrogen-bond acceptors (Lipinski definition) is 4. The topological polar surface area (TPSA) is 78.8 Å². The second-order valence-electron chi connectivity index (χ2n) is 5.54. The number of nitrogens with one attached hydrogen (secondary N) is 1. The fourth-order valence-electron chi connectivity index (χ4n) is 2.59. The Morgan fingerprint density at radius 1 is 1.26 bits per heavy atom. The van der Waals surface area contributed by atoms with Crippen LogP contribution in [0.4, 0.5) is 5.69 Å². The number of nitrogens with zero attached hydrogens (tertiary/aromatic N) is 2. The number of rotatable bonds is 2. The van der Waals surface area contributed by atoms with Gasteiger partial charge in [-0.05, 0) is 37.1 Å². The normalized spacial score (nSPS) is 18.8. The molecule has 2 heterocycles. The van der Waals surface area contributed by atoms with Gasteiger partial charge >= 0.3 is 0 Å². The molecule has 7 heteroatoms. The Balaban J connectivity index is 1.94. The van der Waals surface area contributed by atoms with Crippen molar-refractivity contribution < 1.29 is 13.2 Å². The Labute approximate surface area is 135 Å². The molecule has 2 aliphatic heterocycles. The molecule has 0 spiro atoms. The molecule has 1 N–H and O–H groups in total. The highest BCUT2D eigenvalue weighted by Gasteiger charge is 2.30. The average Bonchev–Trinajstić information content (AvgIpc) is 2.49. The van der Waals surface area contributed by atoms with E-state index < -0.39 is 10.0 Å². The van der Waals surface area contributed by atoms with E-state index in [2.05, 4.69) is 9.71 Å². The summed E-state index contributed by atoms with van der Waals surface area (Å²) >= 11 is 0. The van der Waals surface area contributed by atoms with Crippen LogP contribution in [0.5, 0.6) is 0 Å². The zero-order valence-electron chi connectivity index (χ0n) is 12.9. The Hall–Kier alpha value is -2.41. The molecule has 2 aliphatic rings. The van der Waals surface area contributed by atoms with Crippen LogP contribution in [0.15, 0.2) is 46.5 Å². The molecule has 120 valence electrons. The number of amides is 1. The van der Waals surface area contributed by atoms with Gasteiger partial charge in [-0.25, -0.2) is 8.42 Å². The van der Waals surface area contributed by atoms with Gasteiger partial charge in [-0.1, -0.05) is 18.2 Å². The number of hydrogen-bond donors (Lipinski definition) is 1. The zero-order valence-corrected chi connectivity index (χ0v) is 13.7. The van der Waals surface area contributed by atoms with Gasteiger partial charge in [-0.3, -0.25) is 4.79 Å². The van der Waals surface area contributed by atoms with E-state index >= 15 is 0 Å². The molecule has 3 rings (SSSR count). The summed E-state index contributed by atoms with van der Waals surface area (Å²) in [6, 6.07) is 5.74. The van der Waals surface area contributed by atoms with Gasteiger partial charge in [0.1, 0.15) is 0 Å². The lowest BCUT2D eigenvalue weighted by atomic mass is 10.1. The summed E-state index contributed by atoms with van der Waals surface area (Å²) in [5.41, 5.74) is 2.87. The molecule has 0 radical (unpaired) electrons. The molecule has 6 nitrogen and oxygen atoms in total. The van der Waals surface area contributed by atoms with Gasteiger partial charge in [0.2, 0.25) is 0 Å². The Morgan fingerprint density at radius 3 is 2.65 bits per heavy atom. The predicted molar refractivity (Wildman–Crippen MR) is 89.7 cm³/mol. The molecule has 1 amide bonds. The summed E-state index contributed by atoms with van der Waals surface area (Å²) in [6.45, 7) is 4.12. The zero-order chi connectivity index (χ0) is 16.6. The van der Waals surface area contributed by atoms with Gasteiger partial charge in [0, 0.05) is 18.4 Å². The minimum Gasteiger partial charge on any atom is -0.331 e. The average molecular weight is 331 g/mol. The number of aryl methyl sites for hydroxylation is 2. The summed E-state index contributed by atoms with van der Waals surface area (Å²) in [5, 5.41) is 2.87. The standard InChI is InChI=1S/C16H17N3O3S/c1-11-5-3-6-12(2)14(11)17-16(20)13-7-4-8-19-9-10-23(21,22)18-15(13)19/h3-8H,9-10H2,1-2H3,(H,17,20). The van der Waals surface area contributed by atoms with Crippen molar-refractivity contribution in [2.75, 3.05) is 17.6 Å². The first-order valence-electron chi connectivity index (χ1n) is 7.23. The maximum atomic E-state index is 12.6. The minimum atomic E-state index is -3.52. The summed E-state index contributed by atoms with van der Waals surface area (Å²) in [4.78, 5) is 14.3. The van der Waals surface area contributed by atoms with Crippen molar-refractivity contribution in [1.82, 2.24) is 4.90 Å². The van der Waals surface area contributed by atoms with Gasteiger partial charge in [-0.15, -0.1) is 4.40 Å². The first kappa shape index (κ1) is 15.5. The maximum Gasteiger partial charge on any atom is 0.259 e. The van der Waals surface area contributed by atoms with Crippen molar-refractivity contribution in [3.05, 3.63) is 53.3 Å². The number of anilines is 1. The number of benzene rings is 1. The number of para-hydroxylation sites is 1. The van der Waals surface area contributed by atoms with E-state index in [1.807, 2.05) is 32.0 Å². The number of carbonyl (C=O) groups is 1. The van der Waals surface area contributed by atoms with Gasteiger partial charge < -0.3 is 10.2 Å². The summed E-state index contributed by atoms with van der Waals surface area (Å²) in [7, 11) is -3.52. The third kappa shape index (κ3) is 3.05. The van der Waals surface area contributed by atoms with Gasteiger partial charge in [0.15, 0.2) is 5.84 Å². The molecular formula is C16H17N3O3S. The largest absolute Gasteiger partial charge is 0.331 e. The van der Waals surface area contributed by atoms with Crippen LogP contribution in [-0.2, 0) is 14.8 Å². The molecular weight excluding hydrogens is 314 g/mol. The lowest BCUT2D eigenvalue weighted by Crippen LogP contribution is -2.41. The van der Waals surface area contributed by atoms with Crippen molar-refractivity contribution in [3.63, 3.8) is 0 Å². The number of allylic oxidation sites excluding steroid dienone is 2. The molecule has 23 heavy (non-hydrogen) atoms. The molecule has 0 saturated carbocycles. The first-order chi connectivity index (χ1) is 10.9. The van der Waals surface area contributed by atoms with Crippen molar-refractivity contribution in [2.45, 2.75) is 13.8 Å². The van der Waals surface area contributed by atoms with Crippen molar-refractivity contribution in [1.29, 1.82) is 0 Å². The third-order valence-electron chi connectivity index (χ3n) is 3.82. The molecule has 0 saturated heterocycles. The molecule has 0 bridgehead atoms. The number of fused-ring (bicyclic) bond motifs is 1. The van der Waals surface area contributed by atoms with Crippen LogP contribution in [-0.4, -0.2) is 37.4 Å². The summed E-state index contributed by atoms with van der Waals surface area (Å²) in [5.74, 6) is -0.234. The number of carbonyl (C=O) groups excluding carboxylic acids is 1. The Bertz CT molecular complexity index is 846. The molecule has 1 aromatic rings. The van der Waals surface area contributed by atoms with Crippen LogP contribution in [0.3, 0.4) is 0 Å². The van der Waals surface area contributed by atoms with Crippen LogP contribution < -0.4 is 5.32 Å². The first-order valence-corrected chi connectivity index (χ1v) is 8.84. The highest BCUT2D eigenvalue weighted by molar-refractivity contribution is 7.90. The summed E-state index contributed by atoms with van der Waals surface area (Å²) in [6.07, 6.45) is 5.03. The summed E-state index contributed by atoms with van der Waals surface area (Å²) < 4.78 is 27.2. The van der Waals surface area contributed by atoms with E-state index in [1.54, 1.807) is 23.3 Å².